The average Bonchev–Trinajstić information content (AvgIpc) is 2.66. The molecule has 3 aromatic carbocycles. The minimum Gasteiger partial charge on any atom is -0.488 e. The van der Waals surface area contributed by atoms with Crippen molar-refractivity contribution in [3.63, 3.8) is 0 Å². The van der Waals surface area contributed by atoms with Gasteiger partial charge in [-0.1, -0.05) is 54.1 Å². The number of aliphatic carboxylic acids is 1. The number of rotatable bonds is 3. The second kappa shape index (κ2) is 6.58. The molecule has 136 valence electrons. The van der Waals surface area contributed by atoms with Crippen LogP contribution in [0.25, 0.3) is 22.3 Å². The summed E-state index contributed by atoms with van der Waals surface area (Å²) in [6, 6.07) is 16.6. The smallest absolute Gasteiger partial charge is 0.307 e. The SMILES string of the molecule is Cc1ccc(-c2c(C)c3c(c(C)c2CC(=O)O)OCc2ccccc2-3)cc1. The Kier molecular flexibility index (Phi) is 4.23. The highest BCUT2D eigenvalue weighted by atomic mass is 16.5. The van der Waals surface area contributed by atoms with E-state index in [0.29, 0.717) is 6.61 Å². The number of benzene rings is 3. The van der Waals surface area contributed by atoms with Gasteiger partial charge in [0, 0.05) is 5.56 Å². The second-order valence-electron chi connectivity index (χ2n) is 7.19. The van der Waals surface area contributed by atoms with E-state index in [0.717, 1.165) is 44.7 Å². The molecule has 4 rings (SSSR count). The van der Waals surface area contributed by atoms with Crippen LogP contribution in [0.4, 0.5) is 0 Å². The molecular formula is C24H22O3. The quantitative estimate of drug-likeness (QED) is 0.676. The van der Waals surface area contributed by atoms with Gasteiger partial charge in [-0.3, -0.25) is 4.79 Å². The molecule has 3 aromatic rings. The highest BCUT2D eigenvalue weighted by Crippen LogP contribution is 2.47. The van der Waals surface area contributed by atoms with Crippen molar-refractivity contribution in [3.8, 4) is 28.0 Å². The van der Waals surface area contributed by atoms with E-state index in [9.17, 15) is 9.90 Å². The van der Waals surface area contributed by atoms with Crippen LogP contribution in [0.3, 0.4) is 0 Å². The van der Waals surface area contributed by atoms with Crippen LogP contribution in [-0.2, 0) is 17.8 Å². The third kappa shape index (κ3) is 2.89. The van der Waals surface area contributed by atoms with Gasteiger partial charge in [0.2, 0.25) is 0 Å². The molecule has 0 saturated heterocycles. The van der Waals surface area contributed by atoms with Crippen LogP contribution in [-0.4, -0.2) is 11.1 Å². The number of ether oxygens (including phenoxy) is 1. The molecule has 0 fully saturated rings. The summed E-state index contributed by atoms with van der Waals surface area (Å²) in [5, 5.41) is 9.52. The van der Waals surface area contributed by atoms with Gasteiger partial charge in [-0.2, -0.15) is 0 Å². The number of hydrogen-bond donors (Lipinski definition) is 1. The molecule has 1 heterocycles. The van der Waals surface area contributed by atoms with Crippen molar-refractivity contribution in [1.29, 1.82) is 0 Å². The molecule has 0 spiro atoms. The van der Waals surface area contributed by atoms with Crippen LogP contribution in [0.2, 0.25) is 0 Å². The molecule has 1 N–H and O–H groups in total. The van der Waals surface area contributed by atoms with Crippen molar-refractivity contribution < 1.29 is 14.6 Å². The lowest BCUT2D eigenvalue weighted by Gasteiger charge is -2.28. The highest BCUT2D eigenvalue weighted by molar-refractivity contribution is 5.90. The third-order valence-electron chi connectivity index (χ3n) is 5.40. The zero-order chi connectivity index (χ0) is 19.1. The fraction of sp³-hybridized carbons (Fsp3) is 0.208. The van der Waals surface area contributed by atoms with E-state index >= 15 is 0 Å². The maximum absolute atomic E-state index is 11.6. The molecule has 0 aromatic heterocycles. The molecule has 27 heavy (non-hydrogen) atoms. The van der Waals surface area contributed by atoms with E-state index in [2.05, 4.69) is 50.2 Å². The van der Waals surface area contributed by atoms with E-state index in [1.165, 1.54) is 11.1 Å². The fourth-order valence-electron chi connectivity index (χ4n) is 4.06. The van der Waals surface area contributed by atoms with E-state index in [1.807, 2.05) is 19.1 Å². The number of carboxylic acids is 1. The summed E-state index contributed by atoms with van der Waals surface area (Å²) in [7, 11) is 0. The van der Waals surface area contributed by atoms with Crippen LogP contribution >= 0.6 is 0 Å². The Balaban J connectivity index is 2.07. The predicted molar refractivity (Wildman–Crippen MR) is 107 cm³/mol. The van der Waals surface area contributed by atoms with Gasteiger partial charge >= 0.3 is 5.97 Å². The Hall–Kier alpha value is -3.07. The van der Waals surface area contributed by atoms with Gasteiger partial charge in [0.1, 0.15) is 12.4 Å². The summed E-state index contributed by atoms with van der Waals surface area (Å²) in [6.07, 6.45) is -0.0197. The van der Waals surface area contributed by atoms with Crippen LogP contribution in [0.15, 0.2) is 48.5 Å². The molecule has 0 bridgehead atoms. The van der Waals surface area contributed by atoms with Gasteiger partial charge in [0.25, 0.3) is 0 Å². The van der Waals surface area contributed by atoms with Crippen molar-refractivity contribution in [2.45, 2.75) is 33.8 Å². The molecule has 3 nitrogen and oxygen atoms in total. The Bertz CT molecular complexity index is 1050. The molecule has 1 aliphatic heterocycles. The van der Waals surface area contributed by atoms with Gasteiger partial charge in [0.05, 0.1) is 6.42 Å². The first-order valence-corrected chi connectivity index (χ1v) is 9.13. The highest BCUT2D eigenvalue weighted by Gasteiger charge is 2.27. The Morgan fingerprint density at radius 3 is 2.37 bits per heavy atom. The van der Waals surface area contributed by atoms with Crippen LogP contribution < -0.4 is 4.74 Å². The number of hydrogen-bond acceptors (Lipinski definition) is 2. The Labute approximate surface area is 159 Å². The molecule has 0 aliphatic carbocycles. The summed E-state index contributed by atoms with van der Waals surface area (Å²) in [5.74, 6) is -0.0136. The lowest BCUT2D eigenvalue weighted by atomic mass is 9.82. The normalized spacial score (nSPS) is 12.1. The van der Waals surface area contributed by atoms with Gasteiger partial charge in [-0.15, -0.1) is 0 Å². The number of fused-ring (bicyclic) bond motifs is 3. The summed E-state index contributed by atoms with van der Waals surface area (Å²) in [5.41, 5.74) is 9.48. The van der Waals surface area contributed by atoms with Crippen LogP contribution in [0.5, 0.6) is 5.75 Å². The standard InChI is InChI=1S/C24H22O3/c1-14-8-10-17(11-9-14)22-16(3)23-19-7-5-4-6-18(19)13-27-24(23)15(2)20(22)12-21(25)26/h4-11H,12-13H2,1-3H3,(H,25,26). The first kappa shape index (κ1) is 17.3. The molecule has 3 heteroatoms. The van der Waals surface area contributed by atoms with Crippen LogP contribution in [0, 0.1) is 20.8 Å². The summed E-state index contributed by atoms with van der Waals surface area (Å²) in [6.45, 7) is 6.61. The lowest BCUT2D eigenvalue weighted by Crippen LogP contribution is -2.13. The van der Waals surface area contributed by atoms with Crippen molar-refractivity contribution in [2.75, 3.05) is 0 Å². The second-order valence-corrected chi connectivity index (χ2v) is 7.19. The van der Waals surface area contributed by atoms with E-state index < -0.39 is 5.97 Å². The molecular weight excluding hydrogens is 336 g/mol. The fourth-order valence-corrected chi connectivity index (χ4v) is 4.06. The van der Waals surface area contributed by atoms with Crippen molar-refractivity contribution >= 4 is 5.97 Å². The Morgan fingerprint density at radius 1 is 0.963 bits per heavy atom. The van der Waals surface area contributed by atoms with E-state index in [-0.39, 0.29) is 6.42 Å². The third-order valence-corrected chi connectivity index (χ3v) is 5.40. The Morgan fingerprint density at radius 2 is 1.67 bits per heavy atom. The summed E-state index contributed by atoms with van der Waals surface area (Å²) >= 11 is 0. The monoisotopic (exact) mass is 358 g/mol. The minimum absolute atomic E-state index is 0.0197. The molecule has 0 atom stereocenters. The van der Waals surface area contributed by atoms with Gasteiger partial charge in [0.15, 0.2) is 0 Å². The zero-order valence-corrected chi connectivity index (χ0v) is 15.8. The zero-order valence-electron chi connectivity index (χ0n) is 15.8. The molecule has 0 amide bonds. The topological polar surface area (TPSA) is 46.5 Å². The molecule has 0 unspecified atom stereocenters. The first-order valence-electron chi connectivity index (χ1n) is 9.13. The predicted octanol–water partition coefficient (Wildman–Crippen LogP) is 5.47. The maximum atomic E-state index is 11.6. The number of carboxylic acid groups (broad SMARTS) is 1. The van der Waals surface area contributed by atoms with E-state index in [4.69, 9.17) is 4.74 Å². The minimum atomic E-state index is -0.831. The van der Waals surface area contributed by atoms with Gasteiger partial charge in [-0.05, 0) is 59.7 Å². The lowest BCUT2D eigenvalue weighted by molar-refractivity contribution is -0.136. The van der Waals surface area contributed by atoms with Crippen molar-refractivity contribution in [2.24, 2.45) is 0 Å². The van der Waals surface area contributed by atoms with Gasteiger partial charge in [-0.25, -0.2) is 0 Å². The van der Waals surface area contributed by atoms with E-state index in [1.54, 1.807) is 0 Å². The van der Waals surface area contributed by atoms with Gasteiger partial charge < -0.3 is 9.84 Å². The largest absolute Gasteiger partial charge is 0.488 e. The maximum Gasteiger partial charge on any atom is 0.307 e. The van der Waals surface area contributed by atoms with Crippen molar-refractivity contribution in [3.05, 3.63) is 76.3 Å². The number of carbonyl (C=O) groups is 1. The number of aryl methyl sites for hydroxylation is 1. The average molecular weight is 358 g/mol. The molecule has 1 aliphatic rings. The van der Waals surface area contributed by atoms with Crippen LogP contribution in [0.1, 0.15) is 27.8 Å². The summed E-state index contributed by atoms with van der Waals surface area (Å²) in [4.78, 5) is 11.6. The first-order chi connectivity index (χ1) is 13.0. The molecule has 0 saturated carbocycles. The summed E-state index contributed by atoms with van der Waals surface area (Å²) < 4.78 is 6.10. The molecule has 0 radical (unpaired) electrons. The van der Waals surface area contributed by atoms with Crippen molar-refractivity contribution in [1.82, 2.24) is 0 Å².